The van der Waals surface area contributed by atoms with E-state index >= 15 is 0 Å². The fraction of sp³-hybridized carbons (Fsp3) is 0.353. The van der Waals surface area contributed by atoms with Crippen molar-refractivity contribution in [3.05, 3.63) is 48.2 Å². The van der Waals surface area contributed by atoms with E-state index in [0.717, 1.165) is 36.8 Å². The maximum Gasteiger partial charge on any atom is 0.137 e. The van der Waals surface area contributed by atoms with Crippen LogP contribution in [0.25, 0.3) is 11.0 Å². The first-order valence-corrected chi connectivity index (χ1v) is 7.74. The molecule has 112 valence electrons. The number of H-pyrrole nitrogens is 1. The zero-order valence-electron chi connectivity index (χ0n) is 12.7. The van der Waals surface area contributed by atoms with E-state index in [2.05, 4.69) is 37.0 Å². The van der Waals surface area contributed by atoms with Gasteiger partial charge in [0.1, 0.15) is 17.3 Å². The van der Waals surface area contributed by atoms with Crippen molar-refractivity contribution >= 4 is 16.9 Å². The highest BCUT2D eigenvalue weighted by Crippen LogP contribution is 2.25. The van der Waals surface area contributed by atoms with Gasteiger partial charge in [-0.1, -0.05) is 0 Å². The first-order chi connectivity index (χ1) is 10.8. The summed E-state index contributed by atoms with van der Waals surface area (Å²) in [5.41, 5.74) is 2.28. The molecule has 0 spiro atoms. The van der Waals surface area contributed by atoms with Crippen LogP contribution in [0.3, 0.4) is 0 Å². The van der Waals surface area contributed by atoms with Gasteiger partial charge in [-0.2, -0.15) is 0 Å². The Morgan fingerprint density at radius 2 is 2.27 bits per heavy atom. The van der Waals surface area contributed by atoms with Crippen molar-refractivity contribution in [3.8, 4) is 0 Å². The Kier molecular flexibility index (Phi) is 3.25. The van der Waals surface area contributed by atoms with E-state index in [0.29, 0.717) is 5.92 Å². The Morgan fingerprint density at radius 1 is 1.32 bits per heavy atom. The van der Waals surface area contributed by atoms with Crippen LogP contribution in [0.1, 0.15) is 17.8 Å². The standard InChI is InChI=1S/C17H19N5/c1-12-18-6-3-16(21-12)22-7-4-13(11-22)8-14-9-15-2-5-19-17(15)20-10-14/h2-3,5-6,9-10,13H,4,7-8,11H2,1H3,(H,19,20). The minimum absolute atomic E-state index is 0.661. The molecule has 5 nitrogen and oxygen atoms in total. The van der Waals surface area contributed by atoms with Crippen LogP contribution in [0.15, 0.2) is 36.8 Å². The summed E-state index contributed by atoms with van der Waals surface area (Å²) in [4.78, 5) is 18.7. The smallest absolute Gasteiger partial charge is 0.137 e. The number of nitrogens with one attached hydrogen (secondary N) is 1. The lowest BCUT2D eigenvalue weighted by molar-refractivity contribution is 0.585. The predicted octanol–water partition coefficient (Wildman–Crippen LogP) is 2.73. The van der Waals surface area contributed by atoms with Crippen LogP contribution in [-0.4, -0.2) is 33.0 Å². The lowest BCUT2D eigenvalue weighted by Crippen LogP contribution is -2.21. The zero-order chi connectivity index (χ0) is 14.9. The van der Waals surface area contributed by atoms with Crippen molar-refractivity contribution in [3.63, 3.8) is 0 Å². The Labute approximate surface area is 129 Å². The van der Waals surface area contributed by atoms with Gasteiger partial charge in [0.2, 0.25) is 0 Å². The number of aromatic amines is 1. The molecule has 1 aliphatic heterocycles. The molecule has 3 aromatic rings. The van der Waals surface area contributed by atoms with Gasteiger partial charge in [-0.05, 0) is 49.4 Å². The molecule has 1 atom stereocenters. The van der Waals surface area contributed by atoms with Gasteiger partial charge < -0.3 is 9.88 Å². The van der Waals surface area contributed by atoms with Crippen molar-refractivity contribution in [2.24, 2.45) is 5.92 Å². The maximum absolute atomic E-state index is 4.53. The topological polar surface area (TPSA) is 57.7 Å². The van der Waals surface area contributed by atoms with Crippen LogP contribution in [0, 0.1) is 12.8 Å². The Hall–Kier alpha value is -2.43. The summed E-state index contributed by atoms with van der Waals surface area (Å²) in [7, 11) is 0. The summed E-state index contributed by atoms with van der Waals surface area (Å²) >= 11 is 0. The molecule has 22 heavy (non-hydrogen) atoms. The molecule has 0 aliphatic carbocycles. The molecule has 1 saturated heterocycles. The quantitative estimate of drug-likeness (QED) is 0.806. The van der Waals surface area contributed by atoms with Crippen LogP contribution < -0.4 is 4.90 Å². The lowest BCUT2D eigenvalue weighted by Gasteiger charge is -2.17. The Morgan fingerprint density at radius 3 is 3.18 bits per heavy atom. The molecule has 1 N–H and O–H groups in total. The van der Waals surface area contributed by atoms with Gasteiger partial charge in [0.05, 0.1) is 0 Å². The summed E-state index contributed by atoms with van der Waals surface area (Å²) in [5, 5.41) is 1.19. The van der Waals surface area contributed by atoms with Crippen molar-refractivity contribution in [1.29, 1.82) is 0 Å². The molecular weight excluding hydrogens is 274 g/mol. The first kappa shape index (κ1) is 13.2. The number of hydrogen-bond donors (Lipinski definition) is 1. The average Bonchev–Trinajstić information content (AvgIpc) is 3.16. The highest BCUT2D eigenvalue weighted by atomic mass is 15.2. The van der Waals surface area contributed by atoms with Crippen LogP contribution in [0.2, 0.25) is 0 Å². The minimum Gasteiger partial charge on any atom is -0.356 e. The monoisotopic (exact) mass is 293 g/mol. The molecule has 0 bridgehead atoms. The number of aryl methyl sites for hydroxylation is 1. The summed E-state index contributed by atoms with van der Waals surface area (Å²) in [6, 6.07) is 6.33. The molecule has 0 radical (unpaired) electrons. The van der Waals surface area contributed by atoms with Crippen LogP contribution >= 0.6 is 0 Å². The maximum atomic E-state index is 4.53. The number of nitrogens with zero attached hydrogens (tertiary/aromatic N) is 4. The van der Waals surface area contributed by atoms with Crippen molar-refractivity contribution < 1.29 is 0 Å². The normalized spacial score (nSPS) is 18.2. The molecule has 0 saturated carbocycles. The fourth-order valence-corrected chi connectivity index (χ4v) is 3.26. The largest absolute Gasteiger partial charge is 0.356 e. The molecule has 1 unspecified atom stereocenters. The third kappa shape index (κ3) is 2.54. The van der Waals surface area contributed by atoms with Gasteiger partial charge in [0, 0.05) is 37.1 Å². The van der Waals surface area contributed by atoms with Crippen LogP contribution in [0.5, 0.6) is 0 Å². The number of anilines is 1. The molecule has 4 heterocycles. The van der Waals surface area contributed by atoms with Gasteiger partial charge in [0.15, 0.2) is 0 Å². The summed E-state index contributed by atoms with van der Waals surface area (Å²) in [6.45, 7) is 4.07. The van der Waals surface area contributed by atoms with E-state index in [1.54, 1.807) is 0 Å². The number of rotatable bonds is 3. The van der Waals surface area contributed by atoms with Gasteiger partial charge in [-0.3, -0.25) is 0 Å². The van der Waals surface area contributed by atoms with Crippen molar-refractivity contribution in [1.82, 2.24) is 19.9 Å². The zero-order valence-corrected chi connectivity index (χ0v) is 12.7. The fourth-order valence-electron chi connectivity index (χ4n) is 3.26. The van der Waals surface area contributed by atoms with Gasteiger partial charge >= 0.3 is 0 Å². The van der Waals surface area contributed by atoms with Gasteiger partial charge in [-0.25, -0.2) is 15.0 Å². The number of fused-ring (bicyclic) bond motifs is 1. The molecule has 1 aliphatic rings. The lowest BCUT2D eigenvalue weighted by atomic mass is 9.99. The van der Waals surface area contributed by atoms with Crippen molar-refractivity contribution in [2.45, 2.75) is 19.8 Å². The molecule has 0 aromatic carbocycles. The van der Waals surface area contributed by atoms with Gasteiger partial charge in [0.25, 0.3) is 0 Å². The van der Waals surface area contributed by atoms with Crippen LogP contribution in [0.4, 0.5) is 5.82 Å². The third-order valence-corrected chi connectivity index (χ3v) is 4.35. The van der Waals surface area contributed by atoms with Crippen LogP contribution in [-0.2, 0) is 6.42 Å². The summed E-state index contributed by atoms with van der Waals surface area (Å²) in [5.74, 6) is 2.55. The highest BCUT2D eigenvalue weighted by Gasteiger charge is 2.24. The van der Waals surface area contributed by atoms with E-state index < -0.39 is 0 Å². The van der Waals surface area contributed by atoms with E-state index in [1.807, 2.05) is 31.6 Å². The van der Waals surface area contributed by atoms with E-state index in [9.17, 15) is 0 Å². The average molecular weight is 293 g/mol. The second kappa shape index (κ2) is 5.40. The second-order valence-electron chi connectivity index (χ2n) is 6.03. The molecule has 0 amide bonds. The minimum atomic E-state index is 0.661. The molecule has 1 fully saturated rings. The first-order valence-electron chi connectivity index (χ1n) is 7.74. The number of aromatic nitrogens is 4. The second-order valence-corrected chi connectivity index (χ2v) is 6.03. The molecule has 5 heteroatoms. The van der Waals surface area contributed by atoms with Gasteiger partial charge in [-0.15, -0.1) is 0 Å². The third-order valence-electron chi connectivity index (χ3n) is 4.35. The molecule has 3 aromatic heterocycles. The van der Waals surface area contributed by atoms with E-state index in [4.69, 9.17) is 0 Å². The molecule has 4 rings (SSSR count). The Balaban J connectivity index is 1.46. The summed E-state index contributed by atoms with van der Waals surface area (Å²) in [6.07, 6.45) is 8.06. The van der Waals surface area contributed by atoms with Crippen molar-refractivity contribution in [2.75, 3.05) is 18.0 Å². The summed E-state index contributed by atoms with van der Waals surface area (Å²) < 4.78 is 0. The Bertz CT molecular complexity index is 794. The number of pyridine rings is 1. The predicted molar refractivity (Wildman–Crippen MR) is 86.9 cm³/mol. The molecular formula is C17H19N5. The van der Waals surface area contributed by atoms with E-state index in [-0.39, 0.29) is 0 Å². The SMILES string of the molecule is Cc1nccc(N2CCC(Cc3cnc4[nH]ccc4c3)C2)n1. The number of hydrogen-bond acceptors (Lipinski definition) is 4. The highest BCUT2D eigenvalue weighted by molar-refractivity contribution is 5.75. The van der Waals surface area contributed by atoms with E-state index in [1.165, 1.54) is 17.4 Å².